The highest BCUT2D eigenvalue weighted by atomic mass is 35.5. The van der Waals surface area contributed by atoms with Crippen LogP contribution in [0.2, 0.25) is 10.0 Å². The summed E-state index contributed by atoms with van der Waals surface area (Å²) < 4.78 is 32.6. The van der Waals surface area contributed by atoms with Crippen molar-refractivity contribution in [3.8, 4) is 0 Å². The zero-order valence-electron chi connectivity index (χ0n) is 16.5. The number of halogens is 2. The third-order valence-electron chi connectivity index (χ3n) is 4.21. The van der Waals surface area contributed by atoms with E-state index in [1.807, 2.05) is 30.3 Å². The topological polar surface area (TPSA) is 102 Å². The van der Waals surface area contributed by atoms with Gasteiger partial charge < -0.3 is 10.1 Å². The SMILES string of the molecule is O=C(CNC(=O)c1cccc(NS(=O)(=O)c2ccc(Cl)c(Cl)c2)c1)OCc1ccccc1. The predicted molar refractivity (Wildman–Crippen MR) is 122 cm³/mol. The minimum atomic E-state index is -3.95. The van der Waals surface area contributed by atoms with Gasteiger partial charge in [0.05, 0.1) is 14.9 Å². The second kappa shape index (κ2) is 10.5. The monoisotopic (exact) mass is 492 g/mol. The van der Waals surface area contributed by atoms with Gasteiger partial charge >= 0.3 is 5.97 Å². The summed E-state index contributed by atoms with van der Waals surface area (Å²) in [6, 6.07) is 18.9. The number of anilines is 1. The van der Waals surface area contributed by atoms with Gasteiger partial charge in [0.15, 0.2) is 0 Å². The molecule has 3 aromatic rings. The number of nitrogens with one attached hydrogen (secondary N) is 2. The number of rotatable bonds is 8. The molecule has 0 bridgehead atoms. The molecule has 0 fully saturated rings. The zero-order valence-corrected chi connectivity index (χ0v) is 18.9. The van der Waals surface area contributed by atoms with E-state index in [2.05, 4.69) is 10.0 Å². The first-order valence-electron chi connectivity index (χ1n) is 9.30. The molecule has 0 aliphatic heterocycles. The van der Waals surface area contributed by atoms with Crippen LogP contribution in [0.3, 0.4) is 0 Å². The van der Waals surface area contributed by atoms with Gasteiger partial charge in [-0.1, -0.05) is 59.6 Å². The van der Waals surface area contributed by atoms with E-state index < -0.39 is 21.9 Å². The van der Waals surface area contributed by atoms with Gasteiger partial charge in [-0.2, -0.15) is 0 Å². The molecule has 0 aliphatic rings. The van der Waals surface area contributed by atoms with Crippen molar-refractivity contribution in [1.29, 1.82) is 0 Å². The number of hydrogen-bond acceptors (Lipinski definition) is 5. The van der Waals surface area contributed by atoms with Crippen molar-refractivity contribution in [2.45, 2.75) is 11.5 Å². The van der Waals surface area contributed by atoms with Crippen LogP contribution in [0.25, 0.3) is 0 Å². The van der Waals surface area contributed by atoms with Gasteiger partial charge in [-0.15, -0.1) is 0 Å². The van der Waals surface area contributed by atoms with Crippen LogP contribution in [0.15, 0.2) is 77.7 Å². The highest BCUT2D eigenvalue weighted by molar-refractivity contribution is 7.92. The number of carbonyl (C=O) groups excluding carboxylic acids is 2. The van der Waals surface area contributed by atoms with E-state index in [1.165, 1.54) is 42.5 Å². The highest BCUT2D eigenvalue weighted by Gasteiger charge is 2.17. The Hall–Kier alpha value is -3.07. The summed E-state index contributed by atoms with van der Waals surface area (Å²) in [6.07, 6.45) is 0. The van der Waals surface area contributed by atoms with Crippen molar-refractivity contribution < 1.29 is 22.7 Å². The van der Waals surface area contributed by atoms with E-state index in [0.29, 0.717) is 0 Å². The smallest absolute Gasteiger partial charge is 0.325 e. The van der Waals surface area contributed by atoms with Gasteiger partial charge in [0.25, 0.3) is 15.9 Å². The highest BCUT2D eigenvalue weighted by Crippen LogP contribution is 2.26. The fourth-order valence-electron chi connectivity index (χ4n) is 2.63. The average molecular weight is 493 g/mol. The summed E-state index contributed by atoms with van der Waals surface area (Å²) >= 11 is 11.7. The van der Waals surface area contributed by atoms with Crippen LogP contribution < -0.4 is 10.0 Å². The summed E-state index contributed by atoms with van der Waals surface area (Å²) in [6.45, 7) is -0.230. The Balaban J connectivity index is 1.59. The lowest BCUT2D eigenvalue weighted by Crippen LogP contribution is -2.30. The third kappa shape index (κ3) is 6.46. The second-order valence-corrected chi connectivity index (χ2v) is 9.09. The quantitative estimate of drug-likeness (QED) is 0.457. The number of amides is 1. The van der Waals surface area contributed by atoms with Gasteiger partial charge in [0.2, 0.25) is 0 Å². The molecule has 0 heterocycles. The second-order valence-electron chi connectivity index (χ2n) is 6.59. The molecule has 0 unspecified atom stereocenters. The Morgan fingerprint density at radius 3 is 2.34 bits per heavy atom. The fraction of sp³-hybridized carbons (Fsp3) is 0.0909. The van der Waals surface area contributed by atoms with Crippen LogP contribution in [-0.4, -0.2) is 26.8 Å². The maximum atomic E-state index is 12.6. The number of benzene rings is 3. The van der Waals surface area contributed by atoms with Gasteiger partial charge in [-0.3, -0.25) is 14.3 Å². The van der Waals surface area contributed by atoms with E-state index in [9.17, 15) is 18.0 Å². The van der Waals surface area contributed by atoms with Crippen molar-refractivity contribution in [3.63, 3.8) is 0 Å². The van der Waals surface area contributed by atoms with Gasteiger partial charge in [-0.25, -0.2) is 8.42 Å². The first-order chi connectivity index (χ1) is 15.2. The zero-order chi connectivity index (χ0) is 23.1. The van der Waals surface area contributed by atoms with Gasteiger partial charge in [-0.05, 0) is 42.0 Å². The first-order valence-corrected chi connectivity index (χ1v) is 11.5. The normalized spacial score (nSPS) is 10.9. The molecule has 0 saturated carbocycles. The lowest BCUT2D eigenvalue weighted by Gasteiger charge is -2.11. The van der Waals surface area contributed by atoms with Gasteiger partial charge in [0.1, 0.15) is 13.2 Å². The van der Waals surface area contributed by atoms with E-state index in [0.717, 1.165) is 5.56 Å². The Labute approximate surface area is 195 Å². The molecule has 0 spiro atoms. The first kappa shape index (κ1) is 23.6. The van der Waals surface area contributed by atoms with Crippen LogP contribution in [0.5, 0.6) is 0 Å². The Kier molecular flexibility index (Phi) is 7.74. The number of carbonyl (C=O) groups is 2. The minimum absolute atomic E-state index is 0.0806. The summed E-state index contributed by atoms with van der Waals surface area (Å²) in [7, 11) is -3.95. The van der Waals surface area contributed by atoms with Crippen molar-refractivity contribution in [2.24, 2.45) is 0 Å². The van der Waals surface area contributed by atoms with Crippen molar-refractivity contribution in [2.75, 3.05) is 11.3 Å². The standard InChI is InChI=1S/C22H18Cl2N2O5S/c23-19-10-9-18(12-20(19)24)32(29,30)26-17-8-4-7-16(11-17)22(28)25-13-21(27)31-14-15-5-2-1-3-6-15/h1-12,26H,13-14H2,(H,25,28). The molecule has 32 heavy (non-hydrogen) atoms. The maximum absolute atomic E-state index is 12.6. The lowest BCUT2D eigenvalue weighted by molar-refractivity contribution is -0.143. The average Bonchev–Trinajstić information content (AvgIpc) is 2.78. The summed E-state index contributed by atoms with van der Waals surface area (Å²) in [5.74, 6) is -1.16. The maximum Gasteiger partial charge on any atom is 0.325 e. The Morgan fingerprint density at radius 2 is 1.62 bits per heavy atom. The van der Waals surface area contributed by atoms with Crippen molar-refractivity contribution in [3.05, 3.63) is 94.0 Å². The summed E-state index contributed by atoms with van der Waals surface area (Å²) in [5.41, 5.74) is 1.15. The third-order valence-corrected chi connectivity index (χ3v) is 6.33. The number of hydrogen-bond donors (Lipinski definition) is 2. The molecule has 7 nitrogen and oxygen atoms in total. The van der Waals surface area contributed by atoms with Crippen LogP contribution in [0, 0.1) is 0 Å². The molecule has 10 heteroatoms. The molecule has 3 aromatic carbocycles. The molecule has 0 aromatic heterocycles. The van der Waals surface area contributed by atoms with Crippen LogP contribution in [0.4, 0.5) is 5.69 Å². The van der Waals surface area contributed by atoms with Crippen molar-refractivity contribution >= 4 is 50.8 Å². The lowest BCUT2D eigenvalue weighted by atomic mass is 10.2. The molecular weight excluding hydrogens is 475 g/mol. The molecule has 0 saturated heterocycles. The van der Waals surface area contributed by atoms with E-state index in [1.54, 1.807) is 0 Å². The fourth-order valence-corrected chi connectivity index (χ4v) is 4.06. The molecule has 1 amide bonds. The molecule has 3 rings (SSSR count). The van der Waals surface area contributed by atoms with Crippen LogP contribution in [-0.2, 0) is 26.2 Å². The van der Waals surface area contributed by atoms with Gasteiger partial charge in [0, 0.05) is 11.3 Å². The molecule has 2 N–H and O–H groups in total. The molecule has 0 atom stereocenters. The van der Waals surface area contributed by atoms with E-state index >= 15 is 0 Å². The number of esters is 1. The van der Waals surface area contributed by atoms with E-state index in [4.69, 9.17) is 27.9 Å². The minimum Gasteiger partial charge on any atom is -0.460 e. The molecule has 166 valence electrons. The summed E-state index contributed by atoms with van der Waals surface area (Å²) in [4.78, 5) is 24.2. The molecular formula is C22H18Cl2N2O5S. The van der Waals surface area contributed by atoms with Crippen molar-refractivity contribution in [1.82, 2.24) is 5.32 Å². The molecule has 0 radical (unpaired) electrons. The Bertz CT molecular complexity index is 1230. The van der Waals surface area contributed by atoms with Crippen LogP contribution >= 0.6 is 23.2 Å². The van der Waals surface area contributed by atoms with Crippen LogP contribution in [0.1, 0.15) is 15.9 Å². The predicted octanol–water partition coefficient (Wildman–Crippen LogP) is 4.27. The Morgan fingerprint density at radius 1 is 0.875 bits per heavy atom. The molecule has 0 aliphatic carbocycles. The largest absolute Gasteiger partial charge is 0.460 e. The number of ether oxygens (including phenoxy) is 1. The summed E-state index contributed by atoms with van der Waals surface area (Å²) in [5, 5.41) is 2.77. The van der Waals surface area contributed by atoms with E-state index in [-0.39, 0.29) is 39.3 Å². The number of sulfonamides is 1.